The molecule has 0 fully saturated rings. The summed E-state index contributed by atoms with van der Waals surface area (Å²) in [6, 6.07) is 6.29. The van der Waals surface area contributed by atoms with Crippen LogP contribution in [0.2, 0.25) is 10.0 Å². The van der Waals surface area contributed by atoms with Gasteiger partial charge in [-0.15, -0.1) is 0 Å². The molecule has 0 radical (unpaired) electrons. The van der Waals surface area contributed by atoms with E-state index in [4.69, 9.17) is 23.2 Å². The van der Waals surface area contributed by atoms with Crippen LogP contribution in [0.5, 0.6) is 0 Å². The Morgan fingerprint density at radius 1 is 1.12 bits per heavy atom. The van der Waals surface area contributed by atoms with Crippen LogP contribution >= 0.6 is 23.2 Å². The second-order valence-corrected chi connectivity index (χ2v) is 3.97. The van der Waals surface area contributed by atoms with Crippen molar-refractivity contribution in [1.29, 1.82) is 0 Å². The normalized spacial score (nSPS) is 10.0. The second kappa shape index (κ2) is 5.12. The molecular weight excluding hydrogens is 261 g/mol. The van der Waals surface area contributed by atoms with Crippen molar-refractivity contribution in [2.24, 2.45) is 0 Å². The van der Waals surface area contributed by atoms with Gasteiger partial charge in [-0.05, 0) is 24.3 Å². The Morgan fingerprint density at radius 2 is 1.82 bits per heavy atom. The SMILES string of the molecule is O=C(Nc1ncccn1)c1ccc(Cl)c(Cl)c1. The molecule has 2 rings (SSSR count). The number of aromatic nitrogens is 2. The molecule has 0 saturated heterocycles. The summed E-state index contributed by atoms with van der Waals surface area (Å²) in [5.74, 6) is -0.0988. The lowest BCUT2D eigenvalue weighted by Gasteiger charge is -2.04. The summed E-state index contributed by atoms with van der Waals surface area (Å²) < 4.78 is 0. The topological polar surface area (TPSA) is 54.9 Å². The number of carbonyl (C=O) groups excluding carboxylic acids is 1. The van der Waals surface area contributed by atoms with Gasteiger partial charge in [-0.3, -0.25) is 10.1 Å². The van der Waals surface area contributed by atoms with Gasteiger partial charge in [0, 0.05) is 18.0 Å². The van der Waals surface area contributed by atoms with Crippen LogP contribution in [0.3, 0.4) is 0 Å². The number of carbonyl (C=O) groups is 1. The molecule has 0 unspecified atom stereocenters. The number of nitrogens with one attached hydrogen (secondary N) is 1. The van der Waals surface area contributed by atoms with Gasteiger partial charge in [-0.25, -0.2) is 9.97 Å². The molecule has 0 spiro atoms. The molecule has 0 saturated carbocycles. The molecular formula is C11H7Cl2N3O. The van der Waals surface area contributed by atoms with Gasteiger partial charge < -0.3 is 0 Å². The van der Waals surface area contributed by atoms with E-state index < -0.39 is 0 Å². The van der Waals surface area contributed by atoms with Crippen molar-refractivity contribution in [3.63, 3.8) is 0 Å². The van der Waals surface area contributed by atoms with Crippen LogP contribution in [0.15, 0.2) is 36.7 Å². The molecule has 1 amide bonds. The summed E-state index contributed by atoms with van der Waals surface area (Å²) in [4.78, 5) is 19.5. The number of amides is 1. The minimum Gasteiger partial charge on any atom is -0.290 e. The predicted molar refractivity (Wildman–Crippen MR) is 66.4 cm³/mol. The fourth-order valence-corrected chi connectivity index (χ4v) is 1.47. The van der Waals surface area contributed by atoms with Crippen LogP contribution in [-0.4, -0.2) is 15.9 Å². The summed E-state index contributed by atoms with van der Waals surface area (Å²) in [5, 5.41) is 3.27. The molecule has 6 heteroatoms. The van der Waals surface area contributed by atoms with E-state index in [2.05, 4.69) is 15.3 Å². The summed E-state index contributed by atoms with van der Waals surface area (Å²) >= 11 is 11.6. The summed E-state index contributed by atoms with van der Waals surface area (Å²) in [5.41, 5.74) is 0.395. The number of anilines is 1. The first-order chi connectivity index (χ1) is 8.16. The molecule has 0 aliphatic rings. The highest BCUT2D eigenvalue weighted by Gasteiger charge is 2.09. The lowest BCUT2D eigenvalue weighted by molar-refractivity contribution is 0.102. The van der Waals surface area contributed by atoms with Gasteiger partial charge in [-0.2, -0.15) is 0 Å². The first kappa shape index (κ1) is 11.8. The van der Waals surface area contributed by atoms with E-state index in [9.17, 15) is 4.79 Å². The molecule has 0 aliphatic carbocycles. The average Bonchev–Trinajstić information content (AvgIpc) is 2.34. The third kappa shape index (κ3) is 2.93. The van der Waals surface area contributed by atoms with Crippen molar-refractivity contribution in [1.82, 2.24) is 9.97 Å². The second-order valence-electron chi connectivity index (χ2n) is 3.16. The minimum atomic E-state index is -0.338. The molecule has 4 nitrogen and oxygen atoms in total. The molecule has 2 aromatic rings. The van der Waals surface area contributed by atoms with Crippen LogP contribution in [0.25, 0.3) is 0 Å². The highest BCUT2D eigenvalue weighted by atomic mass is 35.5. The van der Waals surface area contributed by atoms with E-state index in [0.717, 1.165) is 0 Å². The van der Waals surface area contributed by atoms with Gasteiger partial charge in [0.2, 0.25) is 5.95 Å². The van der Waals surface area contributed by atoms with E-state index >= 15 is 0 Å². The standard InChI is InChI=1S/C11H7Cl2N3O/c12-8-3-2-7(6-9(8)13)10(17)16-11-14-4-1-5-15-11/h1-6H,(H,14,15,16,17). The molecule has 1 heterocycles. The predicted octanol–water partition coefficient (Wildman–Crippen LogP) is 3.04. The van der Waals surface area contributed by atoms with Crippen molar-refractivity contribution in [2.75, 3.05) is 5.32 Å². The highest BCUT2D eigenvalue weighted by molar-refractivity contribution is 6.42. The monoisotopic (exact) mass is 267 g/mol. The van der Waals surface area contributed by atoms with Gasteiger partial charge in [-0.1, -0.05) is 23.2 Å². The third-order valence-electron chi connectivity index (χ3n) is 1.97. The Balaban J connectivity index is 2.18. The summed E-state index contributed by atoms with van der Waals surface area (Å²) in [6.07, 6.45) is 3.08. The van der Waals surface area contributed by atoms with Crippen LogP contribution in [0.1, 0.15) is 10.4 Å². The first-order valence-corrected chi connectivity index (χ1v) is 5.46. The van der Waals surface area contributed by atoms with E-state index in [0.29, 0.717) is 15.6 Å². The van der Waals surface area contributed by atoms with Gasteiger partial charge in [0.1, 0.15) is 0 Å². The van der Waals surface area contributed by atoms with E-state index in [1.165, 1.54) is 18.5 Å². The number of nitrogens with zero attached hydrogens (tertiary/aromatic N) is 2. The highest BCUT2D eigenvalue weighted by Crippen LogP contribution is 2.22. The largest absolute Gasteiger partial charge is 0.290 e. The zero-order valence-corrected chi connectivity index (χ0v) is 10.0. The maximum atomic E-state index is 11.8. The van der Waals surface area contributed by atoms with Crippen LogP contribution < -0.4 is 5.32 Å². The Kier molecular flexibility index (Phi) is 3.56. The molecule has 17 heavy (non-hydrogen) atoms. The molecule has 86 valence electrons. The Hall–Kier alpha value is -1.65. The fraction of sp³-hybridized carbons (Fsp3) is 0. The van der Waals surface area contributed by atoms with Crippen LogP contribution in [0.4, 0.5) is 5.95 Å². The third-order valence-corrected chi connectivity index (χ3v) is 2.71. The Bertz CT molecular complexity index is 546. The number of halogens is 2. The molecule has 1 aromatic carbocycles. The van der Waals surface area contributed by atoms with Crippen molar-refractivity contribution in [3.8, 4) is 0 Å². The number of hydrogen-bond acceptors (Lipinski definition) is 3. The number of hydrogen-bond donors (Lipinski definition) is 1. The van der Waals surface area contributed by atoms with E-state index in [-0.39, 0.29) is 11.9 Å². The average molecular weight is 268 g/mol. The van der Waals surface area contributed by atoms with Gasteiger partial charge in [0.25, 0.3) is 5.91 Å². The van der Waals surface area contributed by atoms with Crippen LogP contribution in [0, 0.1) is 0 Å². The van der Waals surface area contributed by atoms with Crippen molar-refractivity contribution < 1.29 is 4.79 Å². The molecule has 1 N–H and O–H groups in total. The van der Waals surface area contributed by atoms with Gasteiger partial charge in [0.15, 0.2) is 0 Å². The Morgan fingerprint density at radius 3 is 2.47 bits per heavy atom. The lowest BCUT2D eigenvalue weighted by Crippen LogP contribution is -2.13. The Labute approximate surface area is 108 Å². The fourth-order valence-electron chi connectivity index (χ4n) is 1.17. The summed E-state index contributed by atoms with van der Waals surface area (Å²) in [7, 11) is 0. The van der Waals surface area contributed by atoms with Crippen molar-refractivity contribution >= 4 is 35.1 Å². The van der Waals surface area contributed by atoms with Crippen LogP contribution in [-0.2, 0) is 0 Å². The maximum Gasteiger partial charge on any atom is 0.258 e. The first-order valence-electron chi connectivity index (χ1n) is 4.70. The van der Waals surface area contributed by atoms with Gasteiger partial charge in [0.05, 0.1) is 10.0 Å². The van der Waals surface area contributed by atoms with Gasteiger partial charge >= 0.3 is 0 Å². The molecule has 0 bridgehead atoms. The molecule has 1 aromatic heterocycles. The summed E-state index contributed by atoms with van der Waals surface area (Å²) in [6.45, 7) is 0. The minimum absolute atomic E-state index is 0.239. The molecule has 0 atom stereocenters. The number of benzene rings is 1. The van der Waals surface area contributed by atoms with E-state index in [1.54, 1.807) is 18.2 Å². The maximum absolute atomic E-state index is 11.8. The smallest absolute Gasteiger partial charge is 0.258 e. The lowest BCUT2D eigenvalue weighted by atomic mass is 10.2. The number of rotatable bonds is 2. The van der Waals surface area contributed by atoms with Crippen molar-refractivity contribution in [2.45, 2.75) is 0 Å². The molecule has 0 aliphatic heterocycles. The zero-order chi connectivity index (χ0) is 12.3. The van der Waals surface area contributed by atoms with E-state index in [1.807, 2.05) is 0 Å². The van der Waals surface area contributed by atoms with Crippen molar-refractivity contribution in [3.05, 3.63) is 52.3 Å². The quantitative estimate of drug-likeness (QED) is 0.910. The zero-order valence-electron chi connectivity index (χ0n) is 8.52.